The zero-order valence-corrected chi connectivity index (χ0v) is 13.8. The van der Waals surface area contributed by atoms with Crippen LogP contribution >= 0.6 is 0 Å². The van der Waals surface area contributed by atoms with E-state index in [4.69, 9.17) is 10.5 Å². The second-order valence-electron chi connectivity index (χ2n) is 5.51. The average molecular weight is 326 g/mol. The Morgan fingerprint density at radius 1 is 1.04 bits per heavy atom. The third-order valence-electron chi connectivity index (χ3n) is 3.73. The maximum absolute atomic E-state index is 12.7. The van der Waals surface area contributed by atoms with Crippen molar-refractivity contribution in [2.45, 2.75) is 19.4 Å². The van der Waals surface area contributed by atoms with Gasteiger partial charge in [-0.15, -0.1) is 0 Å². The van der Waals surface area contributed by atoms with Gasteiger partial charge in [0.05, 0.1) is 13.5 Å². The Hall–Kier alpha value is -2.82. The molecule has 0 aromatic heterocycles. The monoisotopic (exact) mass is 326 g/mol. The van der Waals surface area contributed by atoms with E-state index in [0.717, 1.165) is 11.1 Å². The maximum atomic E-state index is 12.7. The van der Waals surface area contributed by atoms with Crippen molar-refractivity contribution in [3.63, 3.8) is 0 Å². The van der Waals surface area contributed by atoms with E-state index < -0.39 is 5.91 Å². The van der Waals surface area contributed by atoms with Crippen LogP contribution in [-0.4, -0.2) is 30.4 Å². The first-order valence-electron chi connectivity index (χ1n) is 7.82. The van der Waals surface area contributed by atoms with Gasteiger partial charge in [0, 0.05) is 25.1 Å². The lowest BCUT2D eigenvalue weighted by Crippen LogP contribution is -2.34. The van der Waals surface area contributed by atoms with E-state index in [2.05, 4.69) is 0 Å². The molecule has 0 bridgehead atoms. The molecule has 24 heavy (non-hydrogen) atoms. The Kier molecular flexibility index (Phi) is 6.37. The average Bonchev–Trinajstić information content (AvgIpc) is 2.59. The molecule has 2 aromatic carbocycles. The molecule has 0 aliphatic carbocycles. The largest absolute Gasteiger partial charge is 0.496 e. The van der Waals surface area contributed by atoms with Crippen molar-refractivity contribution >= 4 is 11.8 Å². The van der Waals surface area contributed by atoms with Gasteiger partial charge in [0.2, 0.25) is 11.8 Å². The molecule has 0 saturated carbocycles. The van der Waals surface area contributed by atoms with E-state index in [1.807, 2.05) is 54.6 Å². The topological polar surface area (TPSA) is 72.6 Å². The van der Waals surface area contributed by atoms with E-state index in [0.29, 0.717) is 18.8 Å². The number of hydrogen-bond donors (Lipinski definition) is 1. The molecule has 2 amide bonds. The fourth-order valence-corrected chi connectivity index (χ4v) is 2.46. The Morgan fingerprint density at radius 2 is 1.71 bits per heavy atom. The van der Waals surface area contributed by atoms with Crippen LogP contribution in [0.4, 0.5) is 0 Å². The molecule has 0 fully saturated rings. The Bertz CT molecular complexity index is 686. The van der Waals surface area contributed by atoms with Crippen molar-refractivity contribution in [1.29, 1.82) is 0 Å². The van der Waals surface area contributed by atoms with Crippen LogP contribution in [0, 0.1) is 0 Å². The van der Waals surface area contributed by atoms with Crippen LogP contribution in [0.15, 0.2) is 54.6 Å². The molecule has 0 saturated heterocycles. The highest BCUT2D eigenvalue weighted by atomic mass is 16.5. The molecular formula is C19H22N2O3. The van der Waals surface area contributed by atoms with Crippen LogP contribution in [0.3, 0.4) is 0 Å². The Balaban J connectivity index is 2.12. The summed E-state index contributed by atoms with van der Waals surface area (Å²) in [4.78, 5) is 25.5. The molecule has 0 spiro atoms. The van der Waals surface area contributed by atoms with Gasteiger partial charge in [-0.2, -0.15) is 0 Å². The molecule has 2 rings (SSSR count). The maximum Gasteiger partial charge on any atom is 0.227 e. The van der Waals surface area contributed by atoms with Gasteiger partial charge in [0.15, 0.2) is 0 Å². The number of rotatable bonds is 8. The molecule has 0 aliphatic heterocycles. The highest BCUT2D eigenvalue weighted by Crippen LogP contribution is 2.19. The molecule has 0 atom stereocenters. The number of ether oxygens (including phenoxy) is 1. The smallest absolute Gasteiger partial charge is 0.227 e. The number of nitrogens with zero attached hydrogens (tertiary/aromatic N) is 1. The third-order valence-corrected chi connectivity index (χ3v) is 3.73. The summed E-state index contributed by atoms with van der Waals surface area (Å²) in [5, 5.41) is 0. The summed E-state index contributed by atoms with van der Waals surface area (Å²) >= 11 is 0. The molecule has 0 heterocycles. The van der Waals surface area contributed by atoms with E-state index in [1.54, 1.807) is 12.0 Å². The number of hydrogen-bond acceptors (Lipinski definition) is 3. The molecule has 5 heteroatoms. The molecular weight excluding hydrogens is 304 g/mol. The summed E-state index contributed by atoms with van der Waals surface area (Å²) in [6.07, 6.45) is 0.361. The minimum atomic E-state index is -0.418. The second-order valence-corrected chi connectivity index (χ2v) is 5.51. The van der Waals surface area contributed by atoms with Crippen molar-refractivity contribution in [3.8, 4) is 5.75 Å². The summed E-state index contributed by atoms with van der Waals surface area (Å²) in [5.41, 5.74) is 7.07. The fraction of sp³-hybridized carbons (Fsp3) is 0.263. The number of para-hydroxylation sites is 1. The first kappa shape index (κ1) is 17.5. The Labute approximate surface area is 142 Å². The summed E-state index contributed by atoms with van der Waals surface area (Å²) in [6.45, 7) is 0.750. The highest BCUT2D eigenvalue weighted by Gasteiger charge is 2.17. The van der Waals surface area contributed by atoms with Gasteiger partial charge in [-0.25, -0.2) is 0 Å². The van der Waals surface area contributed by atoms with Crippen LogP contribution in [0.25, 0.3) is 0 Å². The van der Waals surface area contributed by atoms with Gasteiger partial charge in [0.1, 0.15) is 5.75 Å². The van der Waals surface area contributed by atoms with Crippen molar-refractivity contribution in [1.82, 2.24) is 4.90 Å². The number of amides is 2. The van der Waals surface area contributed by atoms with Gasteiger partial charge < -0.3 is 15.4 Å². The molecule has 0 aliphatic rings. The quantitative estimate of drug-likeness (QED) is 0.808. The number of primary amides is 1. The van der Waals surface area contributed by atoms with Crippen molar-refractivity contribution in [2.24, 2.45) is 5.73 Å². The molecule has 5 nitrogen and oxygen atoms in total. The molecule has 126 valence electrons. The van der Waals surface area contributed by atoms with Crippen LogP contribution in [0.2, 0.25) is 0 Å². The van der Waals surface area contributed by atoms with Crippen LogP contribution < -0.4 is 10.5 Å². The van der Waals surface area contributed by atoms with Gasteiger partial charge in [-0.05, 0) is 11.6 Å². The molecule has 2 N–H and O–H groups in total. The van der Waals surface area contributed by atoms with Crippen molar-refractivity contribution < 1.29 is 14.3 Å². The number of methoxy groups -OCH3 is 1. The number of carbonyl (C=O) groups excluding carboxylic acids is 2. The first-order valence-corrected chi connectivity index (χ1v) is 7.82. The summed E-state index contributed by atoms with van der Waals surface area (Å²) in [6, 6.07) is 17.1. The van der Waals surface area contributed by atoms with Gasteiger partial charge in [-0.1, -0.05) is 48.5 Å². The summed E-state index contributed by atoms with van der Waals surface area (Å²) < 4.78 is 5.30. The number of benzene rings is 2. The van der Waals surface area contributed by atoms with Crippen LogP contribution in [0.1, 0.15) is 17.5 Å². The number of nitrogens with two attached hydrogens (primary N) is 1. The molecule has 0 unspecified atom stereocenters. The second kappa shape index (κ2) is 8.72. The van der Waals surface area contributed by atoms with Crippen molar-refractivity contribution in [2.75, 3.05) is 13.7 Å². The van der Waals surface area contributed by atoms with E-state index in [9.17, 15) is 9.59 Å². The van der Waals surface area contributed by atoms with E-state index in [-0.39, 0.29) is 18.7 Å². The molecule has 2 aromatic rings. The van der Waals surface area contributed by atoms with Gasteiger partial charge in [-0.3, -0.25) is 9.59 Å². The minimum absolute atomic E-state index is 0.0652. The SMILES string of the molecule is COc1ccccc1CC(=O)N(CCC(N)=O)Cc1ccccc1. The standard InChI is InChI=1S/C19H22N2O3/c1-24-17-10-6-5-9-16(17)13-19(23)21(12-11-18(20)22)14-15-7-3-2-4-8-15/h2-10H,11-14H2,1H3,(H2,20,22). The van der Waals surface area contributed by atoms with Gasteiger partial charge in [0.25, 0.3) is 0 Å². The normalized spacial score (nSPS) is 10.2. The molecule has 0 radical (unpaired) electrons. The van der Waals surface area contributed by atoms with Crippen LogP contribution in [-0.2, 0) is 22.6 Å². The van der Waals surface area contributed by atoms with Crippen LogP contribution in [0.5, 0.6) is 5.75 Å². The third kappa shape index (κ3) is 5.12. The lowest BCUT2D eigenvalue weighted by atomic mass is 10.1. The summed E-state index contributed by atoms with van der Waals surface area (Å²) in [7, 11) is 1.58. The van der Waals surface area contributed by atoms with Crippen molar-refractivity contribution in [3.05, 3.63) is 65.7 Å². The zero-order valence-electron chi connectivity index (χ0n) is 13.8. The fourth-order valence-electron chi connectivity index (χ4n) is 2.46. The van der Waals surface area contributed by atoms with E-state index in [1.165, 1.54) is 0 Å². The first-order chi connectivity index (χ1) is 11.6. The Morgan fingerprint density at radius 3 is 2.38 bits per heavy atom. The minimum Gasteiger partial charge on any atom is -0.496 e. The number of carbonyl (C=O) groups is 2. The zero-order chi connectivity index (χ0) is 17.4. The van der Waals surface area contributed by atoms with Gasteiger partial charge >= 0.3 is 0 Å². The van der Waals surface area contributed by atoms with E-state index >= 15 is 0 Å². The lowest BCUT2D eigenvalue weighted by molar-refractivity contribution is -0.131. The highest BCUT2D eigenvalue weighted by molar-refractivity contribution is 5.80. The predicted molar refractivity (Wildman–Crippen MR) is 92.4 cm³/mol. The predicted octanol–water partition coefficient (Wildman–Crippen LogP) is 2.14. The lowest BCUT2D eigenvalue weighted by Gasteiger charge is -2.23. The summed E-state index contributed by atoms with van der Waals surface area (Å²) in [5.74, 6) is 0.197.